The largest absolute Gasteiger partial charge is 0.506 e. The minimum absolute atomic E-state index is 0.0000373. The van der Waals surface area contributed by atoms with Gasteiger partial charge < -0.3 is 25.5 Å². The van der Waals surface area contributed by atoms with E-state index in [1.807, 2.05) is 7.05 Å². The van der Waals surface area contributed by atoms with Gasteiger partial charge in [0, 0.05) is 35.9 Å². The predicted molar refractivity (Wildman–Crippen MR) is 142 cm³/mol. The number of H-pyrrole nitrogens is 1. The molecule has 0 atom stereocenters. The number of anilines is 1. The quantitative estimate of drug-likeness (QED) is 0.253. The molecule has 1 saturated heterocycles. The lowest BCUT2D eigenvalue weighted by Crippen LogP contribution is -2.62. The molecule has 13 nitrogen and oxygen atoms in total. The first-order valence-corrected chi connectivity index (χ1v) is 12.6. The van der Waals surface area contributed by atoms with E-state index >= 15 is 0 Å². The molecule has 5 N–H and O–H groups in total. The Labute approximate surface area is 250 Å². The Morgan fingerprint density at radius 3 is 1.80 bits per heavy atom. The van der Waals surface area contributed by atoms with E-state index < -0.39 is 30.2 Å². The van der Waals surface area contributed by atoms with E-state index in [9.17, 15) is 35.8 Å². The molecule has 0 amide bonds. The number of nitrogens with zero attached hydrogens (tertiary/aromatic N) is 6. The van der Waals surface area contributed by atoms with Gasteiger partial charge in [-0.2, -0.15) is 35.8 Å². The molecule has 0 bridgehead atoms. The zero-order valence-electron chi connectivity index (χ0n) is 24.3. The van der Waals surface area contributed by atoms with Crippen LogP contribution in [0.25, 0.3) is 22.5 Å². The molecule has 0 unspecified atom stereocenters. The van der Waals surface area contributed by atoms with Crippen molar-refractivity contribution in [3.05, 3.63) is 30.6 Å². The highest BCUT2D eigenvalue weighted by molar-refractivity contribution is 5.73. The van der Waals surface area contributed by atoms with Crippen LogP contribution in [0.15, 0.2) is 24.7 Å². The number of aliphatic carboxylic acids is 2. The SMILES string of the molecule is CN(c1ncc(-c2ncc(-c3cn[nH]c3F)cc2O)nn1)C1CC(C)(C)NC(C)(C)C1.O=C(O)C(F)(F)F.O=C(O)C(F)(F)F. The lowest BCUT2D eigenvalue weighted by Gasteiger charge is -2.48. The van der Waals surface area contributed by atoms with Gasteiger partial charge in [-0.25, -0.2) is 19.6 Å². The number of aromatic hydroxyl groups is 1. The van der Waals surface area contributed by atoms with Crippen molar-refractivity contribution >= 4 is 17.9 Å². The molecule has 0 aromatic carbocycles. The van der Waals surface area contributed by atoms with Crippen LogP contribution < -0.4 is 10.2 Å². The highest BCUT2D eigenvalue weighted by atomic mass is 19.4. The molecule has 0 saturated carbocycles. The molecule has 0 aliphatic carbocycles. The fraction of sp³-hybridized carbons (Fsp3) is 0.480. The molecule has 0 radical (unpaired) electrons. The number of pyridine rings is 1. The van der Waals surface area contributed by atoms with Crippen molar-refractivity contribution in [3.63, 3.8) is 0 Å². The lowest BCUT2D eigenvalue weighted by atomic mass is 9.79. The third-order valence-corrected chi connectivity index (χ3v) is 6.08. The molecule has 3 aromatic rings. The van der Waals surface area contributed by atoms with Crippen LogP contribution >= 0.6 is 0 Å². The number of aromatic nitrogens is 6. The van der Waals surface area contributed by atoms with Gasteiger partial charge in [0.2, 0.25) is 11.9 Å². The number of hydrogen-bond acceptors (Lipinski definition) is 10. The fourth-order valence-electron chi connectivity index (χ4n) is 4.51. The summed E-state index contributed by atoms with van der Waals surface area (Å²) < 4.78 is 77.2. The molecule has 45 heavy (non-hydrogen) atoms. The fourth-order valence-corrected chi connectivity index (χ4v) is 4.51. The Kier molecular flexibility index (Phi) is 11.0. The van der Waals surface area contributed by atoms with Gasteiger partial charge in [-0.05, 0) is 46.6 Å². The second-order valence-corrected chi connectivity index (χ2v) is 11.0. The number of aromatic amines is 1. The predicted octanol–water partition coefficient (Wildman–Crippen LogP) is 4.18. The van der Waals surface area contributed by atoms with Crippen molar-refractivity contribution in [1.82, 2.24) is 35.7 Å². The van der Waals surface area contributed by atoms with E-state index in [1.54, 1.807) is 0 Å². The first kappa shape index (κ1) is 36.6. The number of rotatable bonds is 4. The van der Waals surface area contributed by atoms with Gasteiger partial charge in [-0.1, -0.05) is 0 Å². The number of piperidine rings is 1. The number of carboxylic acid groups (broad SMARTS) is 2. The molecule has 4 heterocycles. The molecular weight excluding hydrogens is 625 g/mol. The van der Waals surface area contributed by atoms with Crippen molar-refractivity contribution in [1.29, 1.82) is 0 Å². The maximum atomic E-state index is 13.7. The molecular formula is C25H29F7N8O5. The third-order valence-electron chi connectivity index (χ3n) is 6.08. The standard InChI is InChI=1S/C21H27FN8O.2C2HF3O2/c1-20(2)7-13(8-21(3,4)29-20)30(5)19-24-11-15(26-28-19)17-16(31)6-12(9-23-17)14-10-25-27-18(14)22;2*3-2(4,5)1(6)7/h6,9-11,13,29,31H,7-8H2,1-5H3,(H,25,27);2*(H,6,7). The summed E-state index contributed by atoms with van der Waals surface area (Å²) >= 11 is 0. The van der Waals surface area contributed by atoms with Gasteiger partial charge >= 0.3 is 24.3 Å². The van der Waals surface area contributed by atoms with Crippen LogP contribution in [0.2, 0.25) is 0 Å². The van der Waals surface area contributed by atoms with Crippen molar-refractivity contribution in [2.24, 2.45) is 0 Å². The van der Waals surface area contributed by atoms with Crippen molar-refractivity contribution in [2.75, 3.05) is 11.9 Å². The highest BCUT2D eigenvalue weighted by Crippen LogP contribution is 2.33. The van der Waals surface area contributed by atoms with E-state index in [1.165, 1.54) is 24.7 Å². The van der Waals surface area contributed by atoms with Crippen LogP contribution in [0.3, 0.4) is 0 Å². The lowest BCUT2D eigenvalue weighted by molar-refractivity contribution is -0.193. The van der Waals surface area contributed by atoms with Gasteiger partial charge in [-0.3, -0.25) is 5.10 Å². The molecule has 4 rings (SSSR count). The van der Waals surface area contributed by atoms with Crippen LogP contribution in [0, 0.1) is 5.95 Å². The number of nitrogens with one attached hydrogen (secondary N) is 2. The normalized spacial score (nSPS) is 16.0. The molecule has 1 aliphatic heterocycles. The average Bonchev–Trinajstić information content (AvgIpc) is 3.32. The summed E-state index contributed by atoms with van der Waals surface area (Å²) in [5.74, 6) is -5.73. The summed E-state index contributed by atoms with van der Waals surface area (Å²) in [5, 5.41) is 42.7. The van der Waals surface area contributed by atoms with Crippen LogP contribution in [0.4, 0.5) is 36.7 Å². The number of alkyl halides is 6. The molecule has 0 spiro atoms. The molecule has 3 aromatic heterocycles. The first-order valence-electron chi connectivity index (χ1n) is 12.6. The van der Waals surface area contributed by atoms with Gasteiger partial charge in [0.1, 0.15) is 17.1 Å². The third kappa shape index (κ3) is 10.5. The van der Waals surface area contributed by atoms with Crippen molar-refractivity contribution < 1.29 is 55.6 Å². The Balaban J connectivity index is 0.000000421. The summed E-state index contributed by atoms with van der Waals surface area (Å²) in [5.41, 5.74) is 1.19. The summed E-state index contributed by atoms with van der Waals surface area (Å²) in [6.07, 6.45) is -3.94. The second-order valence-electron chi connectivity index (χ2n) is 11.0. The van der Waals surface area contributed by atoms with E-state index in [-0.39, 0.29) is 34.1 Å². The number of hydrogen-bond donors (Lipinski definition) is 5. The topological polar surface area (TPSA) is 190 Å². The Hall–Kier alpha value is -4.62. The van der Waals surface area contributed by atoms with E-state index in [0.29, 0.717) is 17.2 Å². The molecule has 1 aliphatic rings. The van der Waals surface area contributed by atoms with Crippen LogP contribution in [0.1, 0.15) is 40.5 Å². The minimum Gasteiger partial charge on any atom is -0.506 e. The Morgan fingerprint density at radius 1 is 0.911 bits per heavy atom. The van der Waals surface area contributed by atoms with Crippen molar-refractivity contribution in [3.8, 4) is 28.3 Å². The maximum absolute atomic E-state index is 13.7. The van der Waals surface area contributed by atoms with Gasteiger partial charge in [0.15, 0.2) is 0 Å². The Bertz CT molecular complexity index is 1440. The zero-order valence-corrected chi connectivity index (χ0v) is 24.3. The van der Waals surface area contributed by atoms with E-state index in [2.05, 4.69) is 68.3 Å². The number of carbonyl (C=O) groups is 2. The zero-order chi connectivity index (χ0) is 34.5. The van der Waals surface area contributed by atoms with Crippen LogP contribution in [-0.4, -0.2) is 94.1 Å². The summed E-state index contributed by atoms with van der Waals surface area (Å²) in [4.78, 5) is 28.5. The molecule has 1 fully saturated rings. The smallest absolute Gasteiger partial charge is 0.490 e. The van der Waals surface area contributed by atoms with Crippen LogP contribution in [-0.2, 0) is 9.59 Å². The summed E-state index contributed by atoms with van der Waals surface area (Å²) in [7, 11) is 1.98. The highest BCUT2D eigenvalue weighted by Gasteiger charge is 2.40. The van der Waals surface area contributed by atoms with Crippen molar-refractivity contribution in [2.45, 2.75) is 70.0 Å². The van der Waals surface area contributed by atoms with Gasteiger partial charge in [-0.15, -0.1) is 10.2 Å². The summed E-state index contributed by atoms with van der Waals surface area (Å²) in [6, 6.07) is 1.67. The maximum Gasteiger partial charge on any atom is 0.490 e. The van der Waals surface area contributed by atoms with Gasteiger partial charge in [0.05, 0.1) is 18.0 Å². The molecule has 20 heteroatoms. The average molecular weight is 655 g/mol. The van der Waals surface area contributed by atoms with E-state index in [0.717, 1.165) is 12.8 Å². The number of halogens is 7. The molecule has 248 valence electrons. The monoisotopic (exact) mass is 654 g/mol. The van der Waals surface area contributed by atoms with Crippen LogP contribution in [0.5, 0.6) is 5.75 Å². The second kappa shape index (κ2) is 13.6. The first-order chi connectivity index (χ1) is 20.4. The van der Waals surface area contributed by atoms with E-state index in [4.69, 9.17) is 19.8 Å². The number of carboxylic acids is 2. The Morgan fingerprint density at radius 2 is 1.42 bits per heavy atom. The van der Waals surface area contributed by atoms with Gasteiger partial charge in [0.25, 0.3) is 0 Å². The minimum atomic E-state index is -5.08. The summed E-state index contributed by atoms with van der Waals surface area (Å²) in [6.45, 7) is 8.80.